The molecular formula is C13H16ClN3O3. The van der Waals surface area contributed by atoms with Gasteiger partial charge >= 0.3 is 5.97 Å². The summed E-state index contributed by atoms with van der Waals surface area (Å²) >= 11 is 5.99. The molecule has 1 aromatic rings. The summed E-state index contributed by atoms with van der Waals surface area (Å²) in [5.41, 5.74) is 0.264. The Morgan fingerprint density at radius 3 is 2.80 bits per heavy atom. The predicted molar refractivity (Wildman–Crippen MR) is 71.5 cm³/mol. The van der Waals surface area contributed by atoms with Crippen molar-refractivity contribution in [2.45, 2.75) is 25.3 Å². The molecule has 0 radical (unpaired) electrons. The van der Waals surface area contributed by atoms with E-state index in [4.69, 9.17) is 16.3 Å². The minimum absolute atomic E-state index is 0.0145. The molecular weight excluding hydrogens is 282 g/mol. The monoisotopic (exact) mass is 297 g/mol. The molecule has 2 fully saturated rings. The van der Waals surface area contributed by atoms with Gasteiger partial charge in [-0.25, -0.2) is 4.79 Å². The van der Waals surface area contributed by atoms with Crippen LogP contribution in [-0.2, 0) is 9.53 Å². The quantitative estimate of drug-likeness (QED) is 0.793. The van der Waals surface area contributed by atoms with Gasteiger partial charge in [0.2, 0.25) is 5.91 Å². The van der Waals surface area contributed by atoms with E-state index in [-0.39, 0.29) is 28.6 Å². The van der Waals surface area contributed by atoms with Crippen LogP contribution in [0.3, 0.4) is 0 Å². The Hall–Kier alpha value is -1.56. The molecule has 1 amide bonds. The number of halogens is 1. The number of ether oxygens (including phenoxy) is 1. The van der Waals surface area contributed by atoms with E-state index < -0.39 is 5.97 Å². The zero-order chi connectivity index (χ0) is 14.3. The molecule has 3 rings (SSSR count). The standard InChI is InChI=1S/C13H16ClN3O3/c1-20-13(19)11-10(14)6-15-17(11)9-4-5-16(7-9)12(18)8-2-3-8/h6,8-9H,2-5,7H2,1H3/t9-/m0/s1. The molecule has 0 spiro atoms. The van der Waals surface area contributed by atoms with Crippen molar-refractivity contribution in [3.05, 3.63) is 16.9 Å². The zero-order valence-corrected chi connectivity index (χ0v) is 12.0. The Labute approximate surface area is 121 Å². The van der Waals surface area contributed by atoms with Crippen molar-refractivity contribution in [2.24, 2.45) is 5.92 Å². The lowest BCUT2D eigenvalue weighted by molar-refractivity contribution is -0.131. The smallest absolute Gasteiger partial charge is 0.357 e. The maximum atomic E-state index is 12.0. The van der Waals surface area contributed by atoms with Gasteiger partial charge in [0.15, 0.2) is 5.69 Å². The predicted octanol–water partition coefficient (Wildman–Crippen LogP) is 1.51. The van der Waals surface area contributed by atoms with Crippen molar-refractivity contribution >= 4 is 23.5 Å². The lowest BCUT2D eigenvalue weighted by atomic mass is 10.2. The Morgan fingerprint density at radius 1 is 1.40 bits per heavy atom. The van der Waals surface area contributed by atoms with Crippen LogP contribution in [0.2, 0.25) is 5.02 Å². The van der Waals surface area contributed by atoms with Crippen LogP contribution >= 0.6 is 11.6 Å². The van der Waals surface area contributed by atoms with E-state index in [0.717, 1.165) is 19.3 Å². The minimum Gasteiger partial charge on any atom is -0.464 e. The van der Waals surface area contributed by atoms with E-state index in [9.17, 15) is 9.59 Å². The van der Waals surface area contributed by atoms with E-state index in [2.05, 4.69) is 5.10 Å². The average Bonchev–Trinajstić information content (AvgIpc) is 3.06. The average molecular weight is 298 g/mol. The summed E-state index contributed by atoms with van der Waals surface area (Å²) in [6.07, 6.45) is 4.22. The number of likely N-dealkylation sites (tertiary alicyclic amines) is 1. The topological polar surface area (TPSA) is 64.4 Å². The molecule has 6 nitrogen and oxygen atoms in total. The SMILES string of the molecule is COC(=O)c1c(Cl)cnn1[C@H]1CCN(C(=O)C2CC2)C1. The Kier molecular flexibility index (Phi) is 3.41. The molecule has 1 aliphatic heterocycles. The molecule has 1 saturated carbocycles. The van der Waals surface area contributed by atoms with Gasteiger partial charge in [-0.3, -0.25) is 9.48 Å². The maximum absolute atomic E-state index is 12.0. The molecule has 1 aromatic heterocycles. The van der Waals surface area contributed by atoms with Crippen LogP contribution in [0.25, 0.3) is 0 Å². The van der Waals surface area contributed by atoms with E-state index in [0.29, 0.717) is 13.1 Å². The number of methoxy groups -OCH3 is 1. The molecule has 1 saturated heterocycles. The van der Waals surface area contributed by atoms with Crippen LogP contribution in [0.5, 0.6) is 0 Å². The Bertz CT molecular complexity index is 553. The number of nitrogens with zero attached hydrogens (tertiary/aromatic N) is 3. The lowest BCUT2D eigenvalue weighted by Crippen LogP contribution is -2.30. The molecule has 0 N–H and O–H groups in total. The van der Waals surface area contributed by atoms with Crippen molar-refractivity contribution < 1.29 is 14.3 Å². The van der Waals surface area contributed by atoms with Gasteiger partial charge in [-0.05, 0) is 19.3 Å². The van der Waals surface area contributed by atoms with Crippen LogP contribution in [0.15, 0.2) is 6.20 Å². The van der Waals surface area contributed by atoms with E-state index in [1.54, 1.807) is 4.68 Å². The highest BCUT2D eigenvalue weighted by Crippen LogP contribution is 2.34. The van der Waals surface area contributed by atoms with Crippen LogP contribution in [-0.4, -0.2) is 46.8 Å². The second-order valence-electron chi connectivity index (χ2n) is 5.28. The number of carbonyl (C=O) groups is 2. The molecule has 0 unspecified atom stereocenters. The first-order valence-corrected chi connectivity index (χ1v) is 7.09. The summed E-state index contributed by atoms with van der Waals surface area (Å²) in [6.45, 7) is 1.29. The van der Waals surface area contributed by atoms with Gasteiger partial charge in [0, 0.05) is 19.0 Å². The lowest BCUT2D eigenvalue weighted by Gasteiger charge is -2.17. The largest absolute Gasteiger partial charge is 0.464 e. The molecule has 1 aliphatic carbocycles. The summed E-state index contributed by atoms with van der Waals surface area (Å²) in [6, 6.07) is -0.0145. The van der Waals surface area contributed by atoms with Gasteiger partial charge in [0.25, 0.3) is 0 Å². The first-order valence-electron chi connectivity index (χ1n) is 6.72. The van der Waals surface area contributed by atoms with E-state index >= 15 is 0 Å². The van der Waals surface area contributed by atoms with Crippen molar-refractivity contribution in [1.82, 2.24) is 14.7 Å². The molecule has 0 bridgehead atoms. The molecule has 7 heteroatoms. The highest BCUT2D eigenvalue weighted by atomic mass is 35.5. The van der Waals surface area contributed by atoms with Crippen molar-refractivity contribution in [2.75, 3.05) is 20.2 Å². The summed E-state index contributed by atoms with van der Waals surface area (Å²) in [5, 5.41) is 4.45. The fraction of sp³-hybridized carbons (Fsp3) is 0.615. The van der Waals surface area contributed by atoms with Crippen LogP contribution < -0.4 is 0 Å². The molecule has 0 aromatic carbocycles. The fourth-order valence-electron chi connectivity index (χ4n) is 2.64. The molecule has 20 heavy (non-hydrogen) atoms. The van der Waals surface area contributed by atoms with Gasteiger partial charge in [0.1, 0.15) is 0 Å². The van der Waals surface area contributed by atoms with Crippen molar-refractivity contribution in [3.63, 3.8) is 0 Å². The summed E-state index contributed by atoms with van der Waals surface area (Å²) in [4.78, 5) is 25.7. The third-order valence-electron chi connectivity index (χ3n) is 3.88. The number of aromatic nitrogens is 2. The Balaban J connectivity index is 1.77. The van der Waals surface area contributed by atoms with Gasteiger partial charge in [0.05, 0.1) is 24.4 Å². The highest BCUT2D eigenvalue weighted by molar-refractivity contribution is 6.33. The minimum atomic E-state index is -0.500. The Morgan fingerprint density at radius 2 is 2.15 bits per heavy atom. The first-order chi connectivity index (χ1) is 9.61. The van der Waals surface area contributed by atoms with Crippen LogP contribution in [0.4, 0.5) is 0 Å². The number of carbonyl (C=O) groups excluding carboxylic acids is 2. The van der Waals surface area contributed by atoms with E-state index in [1.807, 2.05) is 4.90 Å². The molecule has 1 atom stereocenters. The third-order valence-corrected chi connectivity index (χ3v) is 4.15. The van der Waals surface area contributed by atoms with Crippen LogP contribution in [0.1, 0.15) is 35.8 Å². The number of esters is 1. The number of amides is 1. The summed E-state index contributed by atoms with van der Waals surface area (Å²) in [5.74, 6) is -0.0557. The number of hydrogen-bond acceptors (Lipinski definition) is 4. The second-order valence-corrected chi connectivity index (χ2v) is 5.69. The fourth-order valence-corrected chi connectivity index (χ4v) is 2.84. The van der Waals surface area contributed by atoms with Gasteiger partial charge in [-0.1, -0.05) is 11.6 Å². The van der Waals surface area contributed by atoms with E-state index in [1.165, 1.54) is 13.3 Å². The van der Waals surface area contributed by atoms with Crippen molar-refractivity contribution in [1.29, 1.82) is 0 Å². The van der Waals surface area contributed by atoms with Crippen molar-refractivity contribution in [3.8, 4) is 0 Å². The van der Waals surface area contributed by atoms with Crippen LogP contribution in [0, 0.1) is 5.92 Å². The summed E-state index contributed by atoms with van der Waals surface area (Å²) in [7, 11) is 1.31. The third kappa shape index (κ3) is 2.28. The van der Waals surface area contributed by atoms with Gasteiger partial charge < -0.3 is 9.64 Å². The number of hydrogen-bond donors (Lipinski definition) is 0. The summed E-state index contributed by atoms with van der Waals surface area (Å²) < 4.78 is 6.33. The molecule has 2 heterocycles. The molecule has 2 aliphatic rings. The normalized spacial score (nSPS) is 22.1. The first kappa shape index (κ1) is 13.4. The molecule has 108 valence electrons. The highest BCUT2D eigenvalue weighted by Gasteiger charge is 2.38. The zero-order valence-electron chi connectivity index (χ0n) is 11.2. The number of rotatable bonds is 3. The second kappa shape index (κ2) is 5.09. The van der Waals surface area contributed by atoms with Gasteiger partial charge in [-0.2, -0.15) is 5.10 Å². The van der Waals surface area contributed by atoms with Gasteiger partial charge in [-0.15, -0.1) is 0 Å². The maximum Gasteiger partial charge on any atom is 0.357 e.